The van der Waals surface area contributed by atoms with E-state index < -0.39 is 5.97 Å². The van der Waals surface area contributed by atoms with Crippen molar-refractivity contribution in [2.75, 3.05) is 0 Å². The van der Waals surface area contributed by atoms with E-state index in [1.165, 1.54) is 17.8 Å². The first-order valence-corrected chi connectivity index (χ1v) is 7.24. The number of carboxylic acid groups (broad SMARTS) is 1. The van der Waals surface area contributed by atoms with E-state index in [-0.39, 0.29) is 5.76 Å². The Morgan fingerprint density at radius 3 is 2.67 bits per heavy atom. The Hall–Kier alpha value is -2.47. The van der Waals surface area contributed by atoms with Gasteiger partial charge in [0.05, 0.1) is 6.33 Å². The van der Waals surface area contributed by atoms with Gasteiger partial charge in [-0.15, -0.1) is 0 Å². The van der Waals surface area contributed by atoms with Crippen molar-refractivity contribution in [3.63, 3.8) is 0 Å². The molecule has 0 unspecified atom stereocenters. The Morgan fingerprint density at radius 1 is 1.24 bits per heavy atom. The van der Waals surface area contributed by atoms with Crippen LogP contribution in [0.5, 0.6) is 0 Å². The van der Waals surface area contributed by atoms with Crippen LogP contribution in [0.25, 0.3) is 5.69 Å². The third-order valence-electron chi connectivity index (χ3n) is 2.91. The number of furan rings is 1. The molecule has 21 heavy (non-hydrogen) atoms. The van der Waals surface area contributed by atoms with E-state index in [1.807, 2.05) is 35.0 Å². The molecule has 1 N–H and O–H groups in total. The lowest BCUT2D eigenvalue weighted by atomic mass is 10.2. The smallest absolute Gasteiger partial charge is 0.371 e. The molecule has 0 saturated carbocycles. The van der Waals surface area contributed by atoms with Crippen molar-refractivity contribution in [1.82, 2.24) is 9.55 Å². The second-order valence-electron chi connectivity index (χ2n) is 4.35. The van der Waals surface area contributed by atoms with Crippen LogP contribution >= 0.6 is 11.8 Å². The summed E-state index contributed by atoms with van der Waals surface area (Å²) in [6, 6.07) is 11.2. The molecule has 0 aliphatic rings. The van der Waals surface area contributed by atoms with Gasteiger partial charge >= 0.3 is 5.97 Å². The number of hydrogen-bond donors (Lipinski definition) is 1. The largest absolute Gasteiger partial charge is 0.475 e. The minimum absolute atomic E-state index is 0.0343. The van der Waals surface area contributed by atoms with Gasteiger partial charge in [-0.1, -0.05) is 23.9 Å². The van der Waals surface area contributed by atoms with Crippen LogP contribution in [0.15, 0.2) is 64.6 Å². The summed E-state index contributed by atoms with van der Waals surface area (Å²) in [7, 11) is 0. The summed E-state index contributed by atoms with van der Waals surface area (Å²) in [5.41, 5.74) is 2.18. The van der Waals surface area contributed by atoms with Crippen LogP contribution < -0.4 is 0 Å². The quantitative estimate of drug-likeness (QED) is 0.731. The second-order valence-corrected chi connectivity index (χ2v) is 5.33. The van der Waals surface area contributed by atoms with Crippen LogP contribution in [0.4, 0.5) is 0 Å². The van der Waals surface area contributed by atoms with E-state index >= 15 is 0 Å². The van der Waals surface area contributed by atoms with Crippen molar-refractivity contribution in [3.8, 4) is 5.69 Å². The molecule has 0 aliphatic carbocycles. The molecule has 106 valence electrons. The number of benzene rings is 1. The van der Waals surface area contributed by atoms with E-state index in [0.717, 1.165) is 17.0 Å². The predicted octanol–water partition coefficient (Wildman–Crippen LogP) is 3.46. The van der Waals surface area contributed by atoms with Crippen molar-refractivity contribution in [1.29, 1.82) is 0 Å². The molecule has 1 aromatic carbocycles. The summed E-state index contributed by atoms with van der Waals surface area (Å²) >= 11 is 1.47. The van der Waals surface area contributed by atoms with Crippen molar-refractivity contribution in [3.05, 3.63) is 66.4 Å². The molecule has 0 aliphatic heterocycles. The zero-order valence-corrected chi connectivity index (χ0v) is 11.8. The number of carboxylic acids is 1. The Labute approximate surface area is 125 Å². The van der Waals surface area contributed by atoms with E-state index in [4.69, 9.17) is 9.52 Å². The van der Waals surface area contributed by atoms with Crippen molar-refractivity contribution in [2.45, 2.75) is 10.8 Å². The predicted molar refractivity (Wildman–Crippen MR) is 78.8 cm³/mol. The van der Waals surface area contributed by atoms with Gasteiger partial charge in [-0.3, -0.25) is 0 Å². The van der Waals surface area contributed by atoms with E-state index in [1.54, 1.807) is 18.6 Å². The lowest BCUT2D eigenvalue weighted by Crippen LogP contribution is -1.91. The fourth-order valence-corrected chi connectivity index (χ4v) is 2.66. The van der Waals surface area contributed by atoms with Crippen molar-refractivity contribution in [2.24, 2.45) is 0 Å². The monoisotopic (exact) mass is 300 g/mol. The number of imidazole rings is 1. The van der Waals surface area contributed by atoms with Gasteiger partial charge in [0.25, 0.3) is 0 Å². The third kappa shape index (κ3) is 3.17. The molecule has 0 spiro atoms. The number of rotatable bonds is 5. The summed E-state index contributed by atoms with van der Waals surface area (Å²) in [5, 5.41) is 9.40. The highest BCUT2D eigenvalue weighted by atomic mass is 32.2. The standard InChI is InChI=1S/C15H12N2O3S/c18-15(19)13-5-6-14(20-13)21-9-11-1-3-12(4-2-11)17-8-7-16-10-17/h1-8,10H,9H2,(H,18,19). The molecule has 0 atom stereocenters. The Balaban J connectivity index is 1.64. The summed E-state index contributed by atoms with van der Waals surface area (Å²) in [6.45, 7) is 0. The first-order chi connectivity index (χ1) is 10.2. The molecular weight excluding hydrogens is 288 g/mol. The van der Waals surface area contributed by atoms with Crippen molar-refractivity contribution >= 4 is 17.7 Å². The molecule has 2 heterocycles. The molecule has 6 heteroatoms. The maximum atomic E-state index is 10.7. The van der Waals surface area contributed by atoms with Crippen LogP contribution in [0.2, 0.25) is 0 Å². The molecule has 5 nitrogen and oxygen atoms in total. The molecule has 0 bridgehead atoms. The summed E-state index contributed by atoms with van der Waals surface area (Å²) in [6.07, 6.45) is 5.38. The minimum Gasteiger partial charge on any atom is -0.475 e. The Bertz CT molecular complexity index is 733. The van der Waals surface area contributed by atoms with Gasteiger partial charge in [-0.2, -0.15) is 0 Å². The SMILES string of the molecule is O=C(O)c1ccc(SCc2ccc(-n3ccnc3)cc2)o1. The number of thioether (sulfide) groups is 1. The summed E-state index contributed by atoms with van der Waals surface area (Å²) in [4.78, 5) is 14.7. The average molecular weight is 300 g/mol. The molecule has 0 radical (unpaired) electrons. The van der Waals surface area contributed by atoms with E-state index in [9.17, 15) is 4.79 Å². The number of carbonyl (C=O) groups is 1. The first kappa shape index (κ1) is 13.5. The normalized spacial score (nSPS) is 10.7. The van der Waals surface area contributed by atoms with Crippen LogP contribution in [-0.2, 0) is 5.75 Å². The van der Waals surface area contributed by atoms with Gasteiger partial charge in [0.1, 0.15) is 0 Å². The number of nitrogens with zero attached hydrogens (tertiary/aromatic N) is 2. The topological polar surface area (TPSA) is 68.3 Å². The van der Waals surface area contributed by atoms with Crippen molar-refractivity contribution < 1.29 is 14.3 Å². The second kappa shape index (κ2) is 5.88. The highest BCUT2D eigenvalue weighted by molar-refractivity contribution is 7.98. The average Bonchev–Trinajstić information content (AvgIpc) is 3.17. The lowest BCUT2D eigenvalue weighted by molar-refractivity contribution is 0.0656. The molecule has 0 amide bonds. The molecule has 2 aromatic heterocycles. The number of aromatic carboxylic acids is 1. The zero-order chi connectivity index (χ0) is 14.7. The minimum atomic E-state index is -1.05. The molecule has 0 saturated heterocycles. The fourth-order valence-electron chi connectivity index (χ4n) is 1.84. The van der Waals surface area contributed by atoms with Gasteiger partial charge in [0, 0.05) is 23.8 Å². The molecular formula is C15H12N2O3S. The van der Waals surface area contributed by atoms with Crippen LogP contribution in [0.1, 0.15) is 16.1 Å². The van der Waals surface area contributed by atoms with Gasteiger partial charge in [0.15, 0.2) is 5.09 Å². The van der Waals surface area contributed by atoms with Crippen LogP contribution in [0, 0.1) is 0 Å². The molecule has 3 aromatic rings. The highest BCUT2D eigenvalue weighted by Gasteiger charge is 2.09. The van der Waals surface area contributed by atoms with Crippen LogP contribution in [-0.4, -0.2) is 20.6 Å². The first-order valence-electron chi connectivity index (χ1n) is 6.25. The molecule has 0 fully saturated rings. The van der Waals surface area contributed by atoms with Gasteiger partial charge in [-0.05, 0) is 29.8 Å². The Kier molecular flexibility index (Phi) is 3.79. The lowest BCUT2D eigenvalue weighted by Gasteiger charge is -2.04. The fraction of sp³-hybridized carbons (Fsp3) is 0.0667. The number of aromatic nitrogens is 2. The highest BCUT2D eigenvalue weighted by Crippen LogP contribution is 2.25. The Morgan fingerprint density at radius 2 is 2.05 bits per heavy atom. The summed E-state index contributed by atoms with van der Waals surface area (Å²) < 4.78 is 7.13. The third-order valence-corrected chi connectivity index (χ3v) is 3.89. The van der Waals surface area contributed by atoms with Gasteiger partial charge in [0.2, 0.25) is 5.76 Å². The van der Waals surface area contributed by atoms with Gasteiger partial charge < -0.3 is 14.1 Å². The number of hydrogen-bond acceptors (Lipinski definition) is 4. The van der Waals surface area contributed by atoms with E-state index in [0.29, 0.717) is 5.09 Å². The van der Waals surface area contributed by atoms with E-state index in [2.05, 4.69) is 4.98 Å². The summed E-state index contributed by atoms with van der Waals surface area (Å²) in [5.74, 6) is -0.365. The zero-order valence-electron chi connectivity index (χ0n) is 11.0. The maximum Gasteiger partial charge on any atom is 0.371 e. The maximum absolute atomic E-state index is 10.7. The van der Waals surface area contributed by atoms with Crippen LogP contribution in [0.3, 0.4) is 0 Å². The van der Waals surface area contributed by atoms with Gasteiger partial charge in [-0.25, -0.2) is 9.78 Å². The molecule has 3 rings (SSSR count).